The molecular weight excluding hydrogens is 554 g/mol. The van der Waals surface area contributed by atoms with E-state index in [0.717, 1.165) is 18.4 Å². The van der Waals surface area contributed by atoms with Crippen LogP contribution in [0.1, 0.15) is 65.4 Å². The summed E-state index contributed by atoms with van der Waals surface area (Å²) >= 11 is 6.03. The second-order valence-electron chi connectivity index (χ2n) is 14.2. The van der Waals surface area contributed by atoms with Crippen LogP contribution in [0.25, 0.3) is 0 Å². The third-order valence-electron chi connectivity index (χ3n) is 9.94. The molecule has 2 saturated heterocycles. The minimum atomic E-state index is -0.775. The van der Waals surface area contributed by atoms with Gasteiger partial charge in [0.2, 0.25) is 23.6 Å². The molecule has 10 heteroatoms. The summed E-state index contributed by atoms with van der Waals surface area (Å²) in [6.45, 7) is 11.2. The summed E-state index contributed by atoms with van der Waals surface area (Å²) < 4.78 is 0. The Morgan fingerprint density at radius 3 is 2.45 bits per heavy atom. The molecule has 8 atom stereocenters. The van der Waals surface area contributed by atoms with Gasteiger partial charge in [-0.15, -0.1) is 0 Å². The summed E-state index contributed by atoms with van der Waals surface area (Å²) in [5.41, 5.74) is 0.448. The van der Waals surface area contributed by atoms with Gasteiger partial charge in [-0.25, -0.2) is 0 Å². The van der Waals surface area contributed by atoms with Crippen molar-refractivity contribution in [1.29, 1.82) is 0 Å². The highest BCUT2D eigenvalue weighted by atomic mass is 35.5. The highest BCUT2D eigenvalue weighted by molar-refractivity contribution is 6.30. The number of aliphatic imine (C=N–C) groups is 1. The molecule has 2 aliphatic carbocycles. The first kappa shape index (κ1) is 30.5. The first-order valence-electron chi connectivity index (χ1n) is 15.1. The number of hydrogen-bond acceptors (Lipinski definition) is 5. The largest absolute Gasteiger partial charge is 0.356 e. The van der Waals surface area contributed by atoms with Crippen LogP contribution >= 0.6 is 11.6 Å². The first-order valence-corrected chi connectivity index (χ1v) is 15.5. The average Bonchev–Trinajstić information content (AvgIpc) is 3.66. The summed E-state index contributed by atoms with van der Waals surface area (Å²) in [6, 6.07) is 5.72. The lowest BCUT2D eigenvalue weighted by Gasteiger charge is -2.38. The van der Waals surface area contributed by atoms with Gasteiger partial charge in [-0.05, 0) is 65.5 Å². The molecule has 5 rings (SSSR count). The standard InChI is InChI=1S/C32H44ClN5O4/c1-31(2,3)26(37-28(40)22-14-21(22)17-7-9-19(33)10-8-17)30(42)38-16-23-24(32(23,4)5)25(38)29(41)36-20(15-34-6)13-18-11-12-35-27(18)39/h7-10,15,18,20-26H,11-14,16H2,1-6H3,(H,35,39)(H,36,41)(H,37,40)/b34-15+/t18-,20-,21-,22+,23-,24-,25-,26+/m0/s1. The van der Waals surface area contributed by atoms with Gasteiger partial charge in [0.25, 0.3) is 0 Å². The van der Waals surface area contributed by atoms with Gasteiger partial charge in [-0.1, -0.05) is 58.4 Å². The molecule has 0 spiro atoms. The molecule has 2 aliphatic heterocycles. The maximum atomic E-state index is 14.2. The summed E-state index contributed by atoms with van der Waals surface area (Å²) in [7, 11) is 1.65. The molecule has 0 radical (unpaired) electrons. The van der Waals surface area contributed by atoms with Gasteiger partial charge in [-0.3, -0.25) is 24.2 Å². The number of piperidine rings is 1. The van der Waals surface area contributed by atoms with Crippen LogP contribution in [-0.2, 0) is 19.2 Å². The number of nitrogens with one attached hydrogen (secondary N) is 3. The topological polar surface area (TPSA) is 120 Å². The van der Waals surface area contributed by atoms with Crippen LogP contribution in [-0.4, -0.2) is 73.0 Å². The third-order valence-corrected chi connectivity index (χ3v) is 10.2. The van der Waals surface area contributed by atoms with Crippen molar-refractivity contribution < 1.29 is 19.2 Å². The lowest BCUT2D eigenvalue weighted by molar-refractivity contribution is -0.145. The fourth-order valence-corrected chi connectivity index (χ4v) is 7.35. The van der Waals surface area contributed by atoms with Gasteiger partial charge >= 0.3 is 0 Å². The summed E-state index contributed by atoms with van der Waals surface area (Å²) in [5, 5.41) is 9.69. The van der Waals surface area contributed by atoms with Crippen molar-refractivity contribution in [2.75, 3.05) is 20.1 Å². The lowest BCUT2D eigenvalue weighted by Crippen LogP contribution is -2.60. The van der Waals surface area contributed by atoms with E-state index in [-0.39, 0.29) is 58.6 Å². The van der Waals surface area contributed by atoms with Crippen LogP contribution in [0.5, 0.6) is 0 Å². The molecule has 9 nitrogen and oxygen atoms in total. The molecule has 0 unspecified atom stereocenters. The van der Waals surface area contributed by atoms with E-state index in [0.29, 0.717) is 24.5 Å². The third kappa shape index (κ3) is 5.94. The fourth-order valence-electron chi connectivity index (χ4n) is 7.22. The Balaban J connectivity index is 1.30. The fraction of sp³-hybridized carbons (Fsp3) is 0.656. The Kier molecular flexibility index (Phi) is 8.20. The summed E-state index contributed by atoms with van der Waals surface area (Å²) in [6.07, 6.45) is 3.58. The van der Waals surface area contributed by atoms with E-state index in [4.69, 9.17) is 11.6 Å². The zero-order chi connectivity index (χ0) is 30.6. The number of benzene rings is 1. The number of rotatable bonds is 9. The van der Waals surface area contributed by atoms with E-state index in [1.807, 2.05) is 45.0 Å². The van der Waals surface area contributed by atoms with Crippen LogP contribution in [0.4, 0.5) is 0 Å². The molecule has 228 valence electrons. The number of carbonyl (C=O) groups is 4. The van der Waals surface area contributed by atoms with Crippen molar-refractivity contribution in [2.45, 2.75) is 77.9 Å². The molecule has 1 aromatic rings. The highest BCUT2D eigenvalue weighted by Crippen LogP contribution is 2.65. The van der Waals surface area contributed by atoms with Crippen molar-refractivity contribution in [2.24, 2.45) is 39.5 Å². The Hall–Kier alpha value is -2.94. The Morgan fingerprint density at radius 2 is 1.86 bits per heavy atom. The Morgan fingerprint density at radius 1 is 1.17 bits per heavy atom. The minimum absolute atomic E-state index is 0.00228. The number of nitrogens with zero attached hydrogens (tertiary/aromatic N) is 2. The molecule has 4 fully saturated rings. The molecule has 2 saturated carbocycles. The van der Waals surface area contributed by atoms with Crippen molar-refractivity contribution in [3.63, 3.8) is 0 Å². The zero-order valence-corrected chi connectivity index (χ0v) is 26.2. The van der Waals surface area contributed by atoms with E-state index in [9.17, 15) is 19.2 Å². The van der Waals surface area contributed by atoms with Crippen LogP contribution in [0.2, 0.25) is 5.02 Å². The monoisotopic (exact) mass is 597 g/mol. The van der Waals surface area contributed by atoms with Crippen molar-refractivity contribution in [3.8, 4) is 0 Å². The highest BCUT2D eigenvalue weighted by Gasteiger charge is 2.70. The second-order valence-corrected chi connectivity index (χ2v) is 14.7. The molecule has 2 heterocycles. The molecule has 0 bridgehead atoms. The SMILES string of the molecule is C/N=C/[C@H](C[C@@H]1CCNC1=O)NC(=O)[C@@H]1[C@@H]2[C@H](CN1C(=O)[C@@H](NC(=O)[C@@H]1C[C@H]1c1ccc(Cl)cc1)C(C)(C)C)C2(C)C. The number of halogens is 1. The van der Waals surface area contributed by atoms with Gasteiger partial charge in [0.05, 0.1) is 6.04 Å². The lowest BCUT2D eigenvalue weighted by atomic mass is 9.85. The van der Waals surface area contributed by atoms with Gasteiger partial charge in [0.15, 0.2) is 0 Å². The van der Waals surface area contributed by atoms with E-state index in [2.05, 4.69) is 34.8 Å². The van der Waals surface area contributed by atoms with E-state index in [1.54, 1.807) is 18.2 Å². The molecule has 42 heavy (non-hydrogen) atoms. The van der Waals surface area contributed by atoms with Crippen LogP contribution in [0.15, 0.2) is 29.3 Å². The average molecular weight is 598 g/mol. The predicted octanol–water partition coefficient (Wildman–Crippen LogP) is 3.17. The van der Waals surface area contributed by atoms with Gasteiger partial charge in [0, 0.05) is 43.2 Å². The molecule has 0 aromatic heterocycles. The maximum Gasteiger partial charge on any atom is 0.246 e. The summed E-state index contributed by atoms with van der Waals surface area (Å²) in [5.74, 6) is -0.617. The zero-order valence-electron chi connectivity index (χ0n) is 25.4. The van der Waals surface area contributed by atoms with Crippen molar-refractivity contribution >= 4 is 41.4 Å². The molecule has 3 N–H and O–H groups in total. The number of hydrogen-bond donors (Lipinski definition) is 3. The van der Waals surface area contributed by atoms with Crippen molar-refractivity contribution in [3.05, 3.63) is 34.9 Å². The quantitative estimate of drug-likeness (QED) is 0.379. The number of carbonyl (C=O) groups excluding carboxylic acids is 4. The maximum absolute atomic E-state index is 14.2. The van der Waals surface area contributed by atoms with E-state index in [1.165, 1.54) is 0 Å². The second kappa shape index (κ2) is 11.3. The van der Waals surface area contributed by atoms with Gasteiger partial charge in [0.1, 0.15) is 12.1 Å². The normalized spacial score (nSPS) is 30.8. The van der Waals surface area contributed by atoms with Crippen LogP contribution in [0, 0.1) is 34.5 Å². The van der Waals surface area contributed by atoms with Gasteiger partial charge < -0.3 is 20.9 Å². The number of amides is 4. The number of fused-ring (bicyclic) bond motifs is 1. The van der Waals surface area contributed by atoms with E-state index < -0.39 is 23.5 Å². The minimum Gasteiger partial charge on any atom is -0.356 e. The Labute approximate surface area is 253 Å². The van der Waals surface area contributed by atoms with Crippen molar-refractivity contribution in [1.82, 2.24) is 20.9 Å². The molecular formula is C32H44ClN5O4. The Bertz CT molecular complexity index is 1270. The molecule has 4 aliphatic rings. The summed E-state index contributed by atoms with van der Waals surface area (Å²) in [4.78, 5) is 59.6. The van der Waals surface area contributed by atoms with E-state index >= 15 is 0 Å². The smallest absolute Gasteiger partial charge is 0.246 e. The first-order chi connectivity index (χ1) is 19.7. The molecule has 1 aromatic carbocycles. The molecule has 4 amide bonds. The van der Waals surface area contributed by atoms with Crippen LogP contribution < -0.4 is 16.0 Å². The van der Waals surface area contributed by atoms with Gasteiger partial charge in [-0.2, -0.15) is 0 Å². The number of likely N-dealkylation sites (tertiary alicyclic amines) is 1. The predicted molar refractivity (Wildman–Crippen MR) is 162 cm³/mol. The van der Waals surface area contributed by atoms with Crippen LogP contribution in [0.3, 0.4) is 0 Å².